The number of carbonyl (C=O) groups excluding carboxylic acids is 1. The van der Waals surface area contributed by atoms with Crippen LogP contribution in [0.25, 0.3) is 0 Å². The Morgan fingerprint density at radius 2 is 2.05 bits per heavy atom. The minimum Gasteiger partial charge on any atom is -0.469 e. The Balaban J connectivity index is 2.49. The van der Waals surface area contributed by atoms with E-state index in [0.717, 1.165) is 0 Å². The van der Waals surface area contributed by atoms with E-state index < -0.39 is 10.7 Å². The summed E-state index contributed by atoms with van der Waals surface area (Å²) in [5.74, 6) is 0.660. The maximum atomic E-state index is 11.9. The van der Waals surface area contributed by atoms with E-state index in [-0.39, 0.29) is 0 Å². The highest BCUT2D eigenvalue weighted by molar-refractivity contribution is 6.65. The van der Waals surface area contributed by atoms with Gasteiger partial charge in [0.15, 0.2) is 0 Å². The minimum atomic E-state index is -0.985. The maximum Gasteiger partial charge on any atom is 0.232 e. The molecule has 1 heterocycles. The highest BCUT2D eigenvalue weighted by Gasteiger charge is 2.37. The molecule has 2 aromatic rings. The molecule has 19 heavy (non-hydrogen) atoms. The molecule has 100 valence electrons. The number of carbonyl (C=O) groups is 1. The smallest absolute Gasteiger partial charge is 0.232 e. The van der Waals surface area contributed by atoms with Crippen molar-refractivity contribution in [3.63, 3.8) is 0 Å². The topological polar surface area (TPSA) is 30.2 Å². The highest BCUT2D eigenvalue weighted by atomic mass is 35.5. The summed E-state index contributed by atoms with van der Waals surface area (Å²) in [5.41, 5.74) is -0.389. The van der Waals surface area contributed by atoms with Crippen LogP contribution in [0.1, 0.15) is 18.2 Å². The molecular weight excluding hydrogens is 307 g/mol. The summed E-state index contributed by atoms with van der Waals surface area (Å²) < 4.78 is 5.28. The minimum absolute atomic E-state index is 0.322. The first-order valence-corrected chi connectivity index (χ1v) is 6.75. The van der Waals surface area contributed by atoms with Gasteiger partial charge >= 0.3 is 0 Å². The molecule has 0 fully saturated rings. The van der Waals surface area contributed by atoms with Crippen molar-refractivity contribution in [2.45, 2.75) is 18.8 Å². The monoisotopic (exact) mass is 316 g/mol. The van der Waals surface area contributed by atoms with Crippen LogP contribution in [0.15, 0.2) is 41.0 Å². The first-order valence-electron chi connectivity index (χ1n) is 5.61. The number of benzene rings is 1. The molecule has 2 nitrogen and oxygen atoms in total. The van der Waals surface area contributed by atoms with Crippen molar-refractivity contribution in [2.24, 2.45) is 0 Å². The van der Waals surface area contributed by atoms with Gasteiger partial charge in [-0.1, -0.05) is 23.2 Å². The first-order chi connectivity index (χ1) is 8.93. The van der Waals surface area contributed by atoms with E-state index in [2.05, 4.69) is 0 Å². The van der Waals surface area contributed by atoms with Crippen LogP contribution in [0.5, 0.6) is 0 Å². The molecule has 0 aliphatic rings. The average molecular weight is 318 g/mol. The quantitative estimate of drug-likeness (QED) is 0.754. The Morgan fingerprint density at radius 3 is 2.63 bits per heavy atom. The maximum absolute atomic E-state index is 11.9. The summed E-state index contributed by atoms with van der Waals surface area (Å²) in [6.07, 6.45) is 1.87. The van der Waals surface area contributed by atoms with Crippen molar-refractivity contribution in [1.29, 1.82) is 0 Å². The van der Waals surface area contributed by atoms with Crippen molar-refractivity contribution in [3.05, 3.63) is 58.0 Å². The van der Waals surface area contributed by atoms with Crippen LogP contribution in [0.3, 0.4) is 0 Å². The molecule has 0 bridgehead atoms. The van der Waals surface area contributed by atoms with Gasteiger partial charge < -0.3 is 4.42 Å². The number of rotatable bonds is 4. The lowest BCUT2D eigenvalue weighted by atomic mass is 9.80. The summed E-state index contributed by atoms with van der Waals surface area (Å²) >= 11 is 17.9. The van der Waals surface area contributed by atoms with Gasteiger partial charge in [-0.3, -0.25) is 4.79 Å². The average Bonchev–Trinajstić information content (AvgIpc) is 2.84. The van der Waals surface area contributed by atoms with Crippen LogP contribution >= 0.6 is 34.8 Å². The zero-order valence-electron chi connectivity index (χ0n) is 10.1. The van der Waals surface area contributed by atoms with E-state index in [1.54, 1.807) is 43.5 Å². The third-order valence-corrected chi connectivity index (χ3v) is 4.05. The predicted molar refractivity (Wildman–Crippen MR) is 77.1 cm³/mol. The second-order valence-corrected chi connectivity index (χ2v) is 5.67. The molecule has 0 radical (unpaired) electrons. The molecule has 1 aromatic carbocycles. The molecule has 1 aromatic heterocycles. The van der Waals surface area contributed by atoms with Gasteiger partial charge in [0.25, 0.3) is 0 Å². The van der Waals surface area contributed by atoms with Crippen LogP contribution < -0.4 is 0 Å². The fourth-order valence-electron chi connectivity index (χ4n) is 1.95. The molecule has 0 saturated heterocycles. The molecule has 0 amide bonds. The number of furan rings is 1. The summed E-state index contributed by atoms with van der Waals surface area (Å²) in [4.78, 5) is 11.9. The molecule has 2 rings (SSSR count). The Bertz CT molecular complexity index is 593. The van der Waals surface area contributed by atoms with Crippen LogP contribution in [0.4, 0.5) is 0 Å². The van der Waals surface area contributed by atoms with E-state index in [9.17, 15) is 4.79 Å². The van der Waals surface area contributed by atoms with Crippen molar-refractivity contribution in [2.75, 3.05) is 0 Å². The Morgan fingerprint density at radius 1 is 1.32 bits per heavy atom. The number of halogens is 3. The summed E-state index contributed by atoms with van der Waals surface area (Å²) in [6, 6.07) is 8.52. The van der Waals surface area contributed by atoms with Crippen LogP contribution in [-0.4, -0.2) is 5.24 Å². The Labute approximate surface area is 126 Å². The zero-order valence-corrected chi connectivity index (χ0v) is 12.4. The van der Waals surface area contributed by atoms with Crippen LogP contribution in [0.2, 0.25) is 10.0 Å². The van der Waals surface area contributed by atoms with E-state index in [1.165, 1.54) is 0 Å². The third kappa shape index (κ3) is 2.97. The van der Waals surface area contributed by atoms with Crippen LogP contribution in [0, 0.1) is 0 Å². The molecule has 0 N–H and O–H groups in total. The molecule has 1 unspecified atom stereocenters. The lowest BCUT2D eigenvalue weighted by Crippen LogP contribution is -2.32. The number of hydrogen-bond donors (Lipinski definition) is 0. The summed E-state index contributed by atoms with van der Waals surface area (Å²) in [7, 11) is 0. The van der Waals surface area contributed by atoms with Gasteiger partial charge in [-0.15, -0.1) is 0 Å². The zero-order chi connectivity index (χ0) is 14.0. The molecule has 0 saturated carbocycles. The van der Waals surface area contributed by atoms with Crippen molar-refractivity contribution >= 4 is 40.0 Å². The molecular formula is C14H11Cl3O2. The molecule has 5 heteroatoms. The Kier molecular flexibility index (Phi) is 4.24. The van der Waals surface area contributed by atoms with E-state index in [1.807, 2.05) is 0 Å². The predicted octanol–water partition coefficient (Wildman–Crippen LogP) is 4.85. The first kappa shape index (κ1) is 14.4. The van der Waals surface area contributed by atoms with Gasteiger partial charge in [0, 0.05) is 16.5 Å². The summed E-state index contributed by atoms with van der Waals surface area (Å²) in [6.45, 7) is 1.72. The van der Waals surface area contributed by atoms with Gasteiger partial charge in [-0.05, 0) is 54.4 Å². The van der Waals surface area contributed by atoms with Crippen LogP contribution in [-0.2, 0) is 16.6 Å². The standard InChI is InChI=1S/C14H11Cl3O2/c1-14(13(17)18,8-10-3-2-6-19-10)11-7-9(15)4-5-12(11)16/h2-7H,8H2,1H3. The largest absolute Gasteiger partial charge is 0.469 e. The SMILES string of the molecule is CC(Cc1ccco1)(C(=O)Cl)c1cc(Cl)ccc1Cl. The van der Waals surface area contributed by atoms with Gasteiger partial charge in [0.1, 0.15) is 5.76 Å². The fourth-order valence-corrected chi connectivity index (χ4v) is 2.62. The van der Waals surface area contributed by atoms with Gasteiger partial charge in [-0.25, -0.2) is 0 Å². The second-order valence-electron chi connectivity index (χ2n) is 4.49. The third-order valence-electron chi connectivity index (χ3n) is 3.06. The molecule has 0 aliphatic heterocycles. The van der Waals surface area contributed by atoms with Crippen molar-refractivity contribution in [1.82, 2.24) is 0 Å². The highest BCUT2D eigenvalue weighted by Crippen LogP contribution is 2.37. The second kappa shape index (κ2) is 5.58. The molecule has 0 aliphatic carbocycles. The van der Waals surface area contributed by atoms with E-state index in [0.29, 0.717) is 27.8 Å². The normalized spacial score (nSPS) is 14.1. The lowest BCUT2D eigenvalue weighted by Gasteiger charge is -2.26. The molecule has 1 atom stereocenters. The van der Waals surface area contributed by atoms with E-state index in [4.69, 9.17) is 39.2 Å². The fraction of sp³-hybridized carbons (Fsp3) is 0.214. The van der Waals surface area contributed by atoms with Gasteiger partial charge in [0.05, 0.1) is 11.7 Å². The van der Waals surface area contributed by atoms with Gasteiger partial charge in [0.2, 0.25) is 5.24 Å². The molecule has 0 spiro atoms. The van der Waals surface area contributed by atoms with Crippen molar-refractivity contribution in [3.8, 4) is 0 Å². The number of hydrogen-bond acceptors (Lipinski definition) is 2. The lowest BCUT2D eigenvalue weighted by molar-refractivity contribution is -0.116. The summed E-state index contributed by atoms with van der Waals surface area (Å²) in [5, 5.41) is 0.448. The Hall–Kier alpha value is -0.960. The van der Waals surface area contributed by atoms with Crippen molar-refractivity contribution < 1.29 is 9.21 Å². The van der Waals surface area contributed by atoms with E-state index >= 15 is 0 Å². The van der Waals surface area contributed by atoms with Gasteiger partial charge in [-0.2, -0.15) is 0 Å².